The number of H-pyrrole nitrogens is 1. The molecule has 0 fully saturated rings. The van der Waals surface area contributed by atoms with Gasteiger partial charge in [0.2, 0.25) is 5.91 Å². The van der Waals surface area contributed by atoms with E-state index >= 15 is 0 Å². The zero-order chi connectivity index (χ0) is 20.4. The van der Waals surface area contributed by atoms with Gasteiger partial charge in [0, 0.05) is 12.6 Å². The maximum Gasteiger partial charge on any atom is 0.295 e. The molecule has 2 N–H and O–H groups in total. The number of fused-ring (bicyclic) bond motifs is 1. The first kappa shape index (κ1) is 20.0. The van der Waals surface area contributed by atoms with Crippen LogP contribution in [0.25, 0.3) is 11.0 Å². The third kappa shape index (κ3) is 4.23. The lowest BCUT2D eigenvalue weighted by Gasteiger charge is -2.17. The highest BCUT2D eigenvalue weighted by atomic mass is 35.5. The Labute approximate surface area is 168 Å². The molecule has 2 amide bonds. The van der Waals surface area contributed by atoms with Crippen molar-refractivity contribution >= 4 is 51.7 Å². The highest BCUT2D eigenvalue weighted by Gasteiger charge is 2.18. The average Bonchev–Trinajstić information content (AvgIpc) is 3.07. The summed E-state index contributed by atoms with van der Waals surface area (Å²) in [6.45, 7) is -0.260. The van der Waals surface area contributed by atoms with Crippen LogP contribution in [0.2, 0.25) is 10.0 Å². The van der Waals surface area contributed by atoms with Crippen LogP contribution in [0.4, 0.5) is 14.5 Å². The van der Waals surface area contributed by atoms with Gasteiger partial charge < -0.3 is 15.2 Å². The number of alkyl halides is 2. The second-order valence-electron chi connectivity index (χ2n) is 5.96. The predicted molar refractivity (Wildman–Crippen MR) is 103 cm³/mol. The number of anilines is 1. The number of benzene rings is 2. The molecule has 0 radical (unpaired) electrons. The fourth-order valence-corrected chi connectivity index (χ4v) is 3.06. The van der Waals surface area contributed by atoms with Crippen LogP contribution < -0.4 is 5.32 Å². The summed E-state index contributed by atoms with van der Waals surface area (Å²) >= 11 is 12.0. The van der Waals surface area contributed by atoms with Crippen LogP contribution in [-0.4, -0.2) is 40.3 Å². The van der Waals surface area contributed by atoms with Crippen LogP contribution in [0.15, 0.2) is 36.4 Å². The summed E-state index contributed by atoms with van der Waals surface area (Å²) in [5.74, 6) is -1.42. The van der Waals surface area contributed by atoms with Crippen molar-refractivity contribution in [1.82, 2.24) is 14.9 Å². The molecule has 1 aromatic heterocycles. The van der Waals surface area contributed by atoms with Gasteiger partial charge in [0.25, 0.3) is 12.3 Å². The van der Waals surface area contributed by atoms with E-state index in [4.69, 9.17) is 23.2 Å². The number of hydrogen-bond donors (Lipinski definition) is 2. The molecule has 1 heterocycles. The summed E-state index contributed by atoms with van der Waals surface area (Å²) in [5.41, 5.74) is 1.11. The highest BCUT2D eigenvalue weighted by molar-refractivity contribution is 6.39. The van der Waals surface area contributed by atoms with Gasteiger partial charge in [-0.25, -0.2) is 13.8 Å². The molecule has 0 saturated carbocycles. The minimum Gasteiger partial charge on any atom is -0.337 e. The zero-order valence-corrected chi connectivity index (χ0v) is 16.0. The number of carbonyl (C=O) groups is 2. The van der Waals surface area contributed by atoms with E-state index in [-0.39, 0.29) is 27.8 Å². The lowest BCUT2D eigenvalue weighted by atomic mass is 10.2. The minimum atomic E-state index is -2.74. The number of aromatic amines is 1. The van der Waals surface area contributed by atoms with Crippen molar-refractivity contribution < 1.29 is 18.4 Å². The molecule has 0 unspecified atom stereocenters. The summed E-state index contributed by atoms with van der Waals surface area (Å²) in [4.78, 5) is 32.2. The fraction of sp³-hybridized carbons (Fsp3) is 0.167. The first-order chi connectivity index (χ1) is 13.3. The second-order valence-corrected chi connectivity index (χ2v) is 6.78. The maximum atomic E-state index is 12.7. The van der Waals surface area contributed by atoms with Gasteiger partial charge in [-0.2, -0.15) is 0 Å². The summed E-state index contributed by atoms with van der Waals surface area (Å²) in [7, 11) is 1.44. The Morgan fingerprint density at radius 2 is 1.89 bits per heavy atom. The molecule has 0 aliphatic carbocycles. The third-order valence-corrected chi connectivity index (χ3v) is 4.54. The molecule has 0 bridgehead atoms. The van der Waals surface area contributed by atoms with Gasteiger partial charge in [0.15, 0.2) is 5.82 Å². The molecule has 0 saturated heterocycles. The van der Waals surface area contributed by atoms with Crippen LogP contribution in [0, 0.1) is 0 Å². The molecule has 0 aliphatic heterocycles. The van der Waals surface area contributed by atoms with E-state index in [1.807, 2.05) is 0 Å². The molecule has 2 aromatic carbocycles. The van der Waals surface area contributed by atoms with Gasteiger partial charge in [-0.3, -0.25) is 9.59 Å². The molecule has 10 heteroatoms. The van der Waals surface area contributed by atoms with Crippen LogP contribution in [-0.2, 0) is 4.79 Å². The Balaban J connectivity index is 1.71. The summed E-state index contributed by atoms with van der Waals surface area (Å²) in [6, 6.07) is 9.12. The fourth-order valence-electron chi connectivity index (χ4n) is 2.57. The number of amides is 2. The molecule has 3 aromatic rings. The van der Waals surface area contributed by atoms with Gasteiger partial charge in [-0.1, -0.05) is 29.3 Å². The Hall–Kier alpha value is -2.71. The Bertz CT molecular complexity index is 1030. The topological polar surface area (TPSA) is 78.1 Å². The standard InChI is InChI=1S/C18H14Cl2F2N4O2/c1-26(8-14(27)25-15-10(19)3-2-4-11(15)20)18(28)9-5-6-12-13(7-9)24-17(23-12)16(21)22/h2-7,16H,8H2,1H3,(H,23,24)(H,25,27). The van der Waals surface area contributed by atoms with Crippen molar-refractivity contribution in [2.45, 2.75) is 6.43 Å². The third-order valence-electron chi connectivity index (χ3n) is 3.91. The lowest BCUT2D eigenvalue weighted by Crippen LogP contribution is -2.35. The molecule has 0 aliphatic rings. The van der Waals surface area contributed by atoms with Gasteiger partial charge in [0.1, 0.15) is 0 Å². The van der Waals surface area contributed by atoms with Gasteiger partial charge in [-0.05, 0) is 30.3 Å². The summed E-state index contributed by atoms with van der Waals surface area (Å²) in [6.07, 6.45) is -2.74. The van der Waals surface area contributed by atoms with Crippen LogP contribution in [0.3, 0.4) is 0 Å². The molecule has 3 rings (SSSR count). The predicted octanol–water partition coefficient (Wildman–Crippen LogP) is 4.52. The number of hydrogen-bond acceptors (Lipinski definition) is 3. The number of carbonyl (C=O) groups excluding carboxylic acids is 2. The monoisotopic (exact) mass is 426 g/mol. The number of imidazole rings is 1. The first-order valence-corrected chi connectivity index (χ1v) is 8.79. The van der Waals surface area contributed by atoms with E-state index in [9.17, 15) is 18.4 Å². The summed E-state index contributed by atoms with van der Waals surface area (Å²) < 4.78 is 25.5. The van der Waals surface area contributed by atoms with Gasteiger partial charge in [-0.15, -0.1) is 0 Å². The summed E-state index contributed by atoms with van der Waals surface area (Å²) in [5, 5.41) is 3.11. The smallest absolute Gasteiger partial charge is 0.295 e. The molecule has 146 valence electrons. The Morgan fingerprint density at radius 3 is 2.54 bits per heavy atom. The average molecular weight is 427 g/mol. The maximum absolute atomic E-state index is 12.7. The van der Waals surface area contributed by atoms with Crippen molar-refractivity contribution in [3.8, 4) is 0 Å². The number of para-hydroxylation sites is 1. The largest absolute Gasteiger partial charge is 0.337 e. The van der Waals surface area contributed by atoms with E-state index in [0.29, 0.717) is 11.0 Å². The first-order valence-electron chi connectivity index (χ1n) is 8.03. The second kappa shape index (κ2) is 8.12. The minimum absolute atomic E-state index is 0.225. The molecular weight excluding hydrogens is 413 g/mol. The van der Waals surface area contributed by atoms with E-state index in [2.05, 4.69) is 15.3 Å². The number of nitrogens with zero attached hydrogens (tertiary/aromatic N) is 2. The van der Waals surface area contributed by atoms with Crippen molar-refractivity contribution in [3.63, 3.8) is 0 Å². The molecular formula is C18H14Cl2F2N4O2. The normalized spacial score (nSPS) is 11.1. The Kier molecular flexibility index (Phi) is 5.81. The number of rotatable bonds is 5. The van der Waals surface area contributed by atoms with E-state index in [1.54, 1.807) is 18.2 Å². The van der Waals surface area contributed by atoms with Crippen molar-refractivity contribution in [2.75, 3.05) is 18.9 Å². The van der Waals surface area contributed by atoms with Crippen molar-refractivity contribution in [2.24, 2.45) is 0 Å². The number of aromatic nitrogens is 2. The molecule has 0 atom stereocenters. The van der Waals surface area contributed by atoms with E-state index in [1.165, 1.54) is 30.1 Å². The van der Waals surface area contributed by atoms with Crippen molar-refractivity contribution in [1.29, 1.82) is 0 Å². The zero-order valence-electron chi connectivity index (χ0n) is 14.5. The van der Waals surface area contributed by atoms with Crippen LogP contribution >= 0.6 is 23.2 Å². The van der Waals surface area contributed by atoms with E-state index in [0.717, 1.165) is 0 Å². The molecule has 0 spiro atoms. The van der Waals surface area contributed by atoms with Crippen molar-refractivity contribution in [3.05, 3.63) is 57.8 Å². The van der Waals surface area contributed by atoms with E-state index < -0.39 is 24.1 Å². The van der Waals surface area contributed by atoms with Crippen LogP contribution in [0.5, 0.6) is 0 Å². The SMILES string of the molecule is CN(CC(=O)Nc1c(Cl)cccc1Cl)C(=O)c1ccc2nc(C(F)F)[nH]c2c1. The van der Waals surface area contributed by atoms with Crippen LogP contribution in [0.1, 0.15) is 22.6 Å². The lowest BCUT2D eigenvalue weighted by molar-refractivity contribution is -0.116. The molecule has 28 heavy (non-hydrogen) atoms. The van der Waals surface area contributed by atoms with Gasteiger partial charge >= 0.3 is 0 Å². The van der Waals surface area contributed by atoms with Gasteiger partial charge in [0.05, 0.1) is 33.3 Å². The Morgan fingerprint density at radius 1 is 1.21 bits per heavy atom. The number of nitrogens with one attached hydrogen (secondary N) is 2. The number of likely N-dealkylation sites (N-methyl/N-ethyl adjacent to an activating group) is 1. The number of halogens is 4. The molecule has 6 nitrogen and oxygen atoms in total. The highest BCUT2D eigenvalue weighted by Crippen LogP contribution is 2.29. The quantitative estimate of drug-likeness (QED) is 0.629.